The molecule has 5 nitrogen and oxygen atoms in total. The predicted octanol–water partition coefficient (Wildman–Crippen LogP) is 3.58. The fourth-order valence-corrected chi connectivity index (χ4v) is 3.52. The van der Waals surface area contributed by atoms with E-state index in [1.165, 1.54) is 12.8 Å². The Balaban J connectivity index is 2.18. The van der Waals surface area contributed by atoms with Gasteiger partial charge in [-0.05, 0) is 36.9 Å². The quantitative estimate of drug-likeness (QED) is 0.878. The summed E-state index contributed by atoms with van der Waals surface area (Å²) in [6.45, 7) is 9.31. The van der Waals surface area contributed by atoms with Crippen molar-refractivity contribution in [1.82, 2.24) is 10.2 Å². The molecule has 0 saturated heterocycles. The summed E-state index contributed by atoms with van der Waals surface area (Å²) >= 11 is 0. The van der Waals surface area contributed by atoms with Gasteiger partial charge in [0.1, 0.15) is 0 Å². The summed E-state index contributed by atoms with van der Waals surface area (Å²) in [5, 5.41) is 3.02. The number of para-hydroxylation sites is 1. The number of nitrogens with one attached hydrogen (secondary N) is 1. The lowest BCUT2D eigenvalue weighted by Gasteiger charge is -2.28. The zero-order valence-corrected chi connectivity index (χ0v) is 17.2. The average Bonchev–Trinajstić information content (AvgIpc) is 2.61. The lowest BCUT2D eigenvalue weighted by molar-refractivity contribution is -0.122. The summed E-state index contributed by atoms with van der Waals surface area (Å²) in [6, 6.07) is 8.11. The maximum absolute atomic E-state index is 12.4. The molecule has 0 fully saturated rings. The minimum absolute atomic E-state index is 0.0803. The molecule has 1 N–H and O–H groups in total. The number of carbonyl (C=O) groups is 2. The summed E-state index contributed by atoms with van der Waals surface area (Å²) in [6.07, 6.45) is 5.64. The van der Waals surface area contributed by atoms with E-state index in [2.05, 4.69) is 30.1 Å². The van der Waals surface area contributed by atoms with Crippen molar-refractivity contribution in [3.05, 3.63) is 29.8 Å². The van der Waals surface area contributed by atoms with Crippen molar-refractivity contribution in [1.29, 1.82) is 0 Å². The highest BCUT2D eigenvalue weighted by Gasteiger charge is 2.18. The first-order chi connectivity index (χ1) is 13.0. The van der Waals surface area contributed by atoms with Crippen LogP contribution in [0.1, 0.15) is 58.4 Å². The minimum Gasteiger partial charge on any atom is -0.355 e. The molecule has 5 heteroatoms. The van der Waals surface area contributed by atoms with Crippen LogP contribution in [0.15, 0.2) is 24.3 Å². The molecule has 0 unspecified atom stereocenters. The highest BCUT2D eigenvalue weighted by atomic mass is 16.2. The summed E-state index contributed by atoms with van der Waals surface area (Å²) in [4.78, 5) is 28.7. The SMILES string of the molecule is CC(=O)N1CCCCCCCN(CC(=O)NCC(C)C)Cc2ccccc21. The molecule has 0 radical (unpaired) electrons. The van der Waals surface area contributed by atoms with Gasteiger partial charge in [-0.1, -0.05) is 51.3 Å². The van der Waals surface area contributed by atoms with E-state index in [1.807, 2.05) is 23.1 Å². The Bertz CT molecular complexity index is 615. The van der Waals surface area contributed by atoms with Crippen molar-refractivity contribution in [2.75, 3.05) is 31.1 Å². The number of carbonyl (C=O) groups excluding carboxylic acids is 2. The van der Waals surface area contributed by atoms with Crippen LogP contribution in [0, 0.1) is 5.92 Å². The van der Waals surface area contributed by atoms with Crippen LogP contribution in [0.4, 0.5) is 5.69 Å². The van der Waals surface area contributed by atoms with Crippen molar-refractivity contribution in [2.45, 2.75) is 59.4 Å². The first kappa shape index (κ1) is 21.4. The molecule has 0 bridgehead atoms. The molecule has 0 aromatic heterocycles. The largest absolute Gasteiger partial charge is 0.355 e. The van der Waals surface area contributed by atoms with Gasteiger partial charge in [0.05, 0.1) is 6.54 Å². The molecule has 1 aliphatic heterocycles. The van der Waals surface area contributed by atoms with E-state index in [9.17, 15) is 9.59 Å². The van der Waals surface area contributed by atoms with Crippen LogP contribution in [0.3, 0.4) is 0 Å². The Morgan fingerprint density at radius 1 is 1.04 bits per heavy atom. The molecule has 0 saturated carbocycles. The Morgan fingerprint density at radius 3 is 2.41 bits per heavy atom. The molecule has 0 spiro atoms. The summed E-state index contributed by atoms with van der Waals surface area (Å²) in [7, 11) is 0. The summed E-state index contributed by atoms with van der Waals surface area (Å²) in [5.41, 5.74) is 2.10. The van der Waals surface area contributed by atoms with Crippen molar-refractivity contribution >= 4 is 17.5 Å². The third-order valence-corrected chi connectivity index (χ3v) is 4.99. The minimum atomic E-state index is 0.0803. The van der Waals surface area contributed by atoms with Gasteiger partial charge in [-0.3, -0.25) is 14.5 Å². The zero-order valence-electron chi connectivity index (χ0n) is 17.2. The van der Waals surface area contributed by atoms with Crippen LogP contribution in [-0.4, -0.2) is 42.9 Å². The Hall–Kier alpha value is -1.88. The van der Waals surface area contributed by atoms with Crippen LogP contribution in [0.2, 0.25) is 0 Å². The lowest BCUT2D eigenvalue weighted by Crippen LogP contribution is -2.39. The van der Waals surface area contributed by atoms with Crippen molar-refractivity contribution in [2.24, 2.45) is 5.92 Å². The molecule has 0 aliphatic carbocycles. The Morgan fingerprint density at radius 2 is 1.70 bits per heavy atom. The predicted molar refractivity (Wildman–Crippen MR) is 111 cm³/mol. The number of anilines is 1. The highest BCUT2D eigenvalue weighted by Crippen LogP contribution is 2.24. The summed E-state index contributed by atoms with van der Waals surface area (Å²) < 4.78 is 0. The molecule has 1 aliphatic rings. The molecule has 2 rings (SSSR count). The molecule has 1 aromatic rings. The number of hydrogen-bond acceptors (Lipinski definition) is 3. The van der Waals surface area contributed by atoms with Gasteiger partial charge in [0.2, 0.25) is 11.8 Å². The number of rotatable bonds is 4. The number of fused-ring (bicyclic) bond motifs is 1. The van der Waals surface area contributed by atoms with Gasteiger partial charge >= 0.3 is 0 Å². The van der Waals surface area contributed by atoms with Crippen molar-refractivity contribution in [3.63, 3.8) is 0 Å². The second kappa shape index (κ2) is 11.1. The molecular weight excluding hydrogens is 338 g/mol. The lowest BCUT2D eigenvalue weighted by atomic mass is 10.1. The topological polar surface area (TPSA) is 52.7 Å². The second-order valence-electron chi connectivity index (χ2n) is 7.98. The van der Waals surface area contributed by atoms with Gasteiger partial charge in [-0.25, -0.2) is 0 Å². The van der Waals surface area contributed by atoms with Crippen molar-refractivity contribution in [3.8, 4) is 0 Å². The number of amides is 2. The highest BCUT2D eigenvalue weighted by molar-refractivity contribution is 5.92. The van der Waals surface area contributed by atoms with E-state index < -0.39 is 0 Å². The van der Waals surface area contributed by atoms with E-state index in [-0.39, 0.29) is 11.8 Å². The standard InChI is InChI=1S/C22H35N3O2/c1-18(2)15-23-22(27)17-24-13-9-5-4-6-10-14-25(19(3)26)21-12-8-7-11-20(21)16-24/h7-8,11-12,18H,4-6,9-10,13-17H2,1-3H3,(H,23,27). The normalized spacial score (nSPS) is 17.0. The fourth-order valence-electron chi connectivity index (χ4n) is 3.52. The molecule has 1 heterocycles. The van der Waals surface area contributed by atoms with Gasteiger partial charge in [-0.2, -0.15) is 0 Å². The van der Waals surface area contributed by atoms with Crippen LogP contribution < -0.4 is 10.2 Å². The molecule has 2 amide bonds. The van der Waals surface area contributed by atoms with Crippen LogP contribution in [-0.2, 0) is 16.1 Å². The summed E-state index contributed by atoms with van der Waals surface area (Å²) in [5.74, 6) is 0.613. The van der Waals surface area contributed by atoms with Crippen molar-refractivity contribution < 1.29 is 9.59 Å². The third kappa shape index (κ3) is 7.33. The van der Waals surface area contributed by atoms with E-state index in [0.717, 1.165) is 43.6 Å². The maximum Gasteiger partial charge on any atom is 0.234 e. The van der Waals surface area contributed by atoms with Crippen LogP contribution in [0.25, 0.3) is 0 Å². The molecule has 1 aromatic carbocycles. The van der Waals surface area contributed by atoms with Crippen LogP contribution in [0.5, 0.6) is 0 Å². The van der Waals surface area contributed by atoms with E-state index in [0.29, 0.717) is 25.6 Å². The molecule has 150 valence electrons. The first-order valence-corrected chi connectivity index (χ1v) is 10.3. The zero-order chi connectivity index (χ0) is 19.6. The van der Waals surface area contributed by atoms with Gasteiger partial charge in [0, 0.05) is 32.2 Å². The van der Waals surface area contributed by atoms with E-state index >= 15 is 0 Å². The van der Waals surface area contributed by atoms with Crippen LogP contribution >= 0.6 is 0 Å². The number of hydrogen-bond donors (Lipinski definition) is 1. The van der Waals surface area contributed by atoms with Gasteiger partial charge in [-0.15, -0.1) is 0 Å². The molecular formula is C22H35N3O2. The third-order valence-electron chi connectivity index (χ3n) is 4.99. The van der Waals surface area contributed by atoms with E-state index in [1.54, 1.807) is 6.92 Å². The van der Waals surface area contributed by atoms with Gasteiger partial charge in [0.25, 0.3) is 0 Å². The Kier molecular flexibility index (Phi) is 8.79. The number of benzene rings is 1. The maximum atomic E-state index is 12.4. The Labute approximate surface area is 164 Å². The smallest absolute Gasteiger partial charge is 0.234 e. The monoisotopic (exact) mass is 373 g/mol. The van der Waals surface area contributed by atoms with Gasteiger partial charge in [0.15, 0.2) is 0 Å². The van der Waals surface area contributed by atoms with E-state index in [4.69, 9.17) is 0 Å². The number of nitrogens with zero attached hydrogens (tertiary/aromatic N) is 2. The molecule has 27 heavy (non-hydrogen) atoms. The molecule has 0 atom stereocenters. The van der Waals surface area contributed by atoms with Gasteiger partial charge < -0.3 is 10.2 Å². The average molecular weight is 374 g/mol. The fraction of sp³-hybridized carbons (Fsp3) is 0.636. The first-order valence-electron chi connectivity index (χ1n) is 10.3. The second-order valence-corrected chi connectivity index (χ2v) is 7.98.